The highest BCUT2D eigenvalue weighted by Crippen LogP contribution is 2.22. The molecule has 1 fully saturated rings. The Hall–Kier alpha value is -0.380. The normalized spacial score (nSPS) is 26.8. The van der Waals surface area contributed by atoms with Crippen molar-refractivity contribution in [1.29, 1.82) is 0 Å². The minimum atomic E-state index is 0.419. The number of rotatable bonds is 3. The zero-order chi connectivity index (χ0) is 12.3. The van der Waals surface area contributed by atoms with E-state index < -0.39 is 0 Å². The molecule has 3 N–H and O–H groups in total. The monoisotopic (exact) mass is 296 g/mol. The molecule has 1 aromatic rings. The Morgan fingerprint density at radius 2 is 1.76 bits per heavy atom. The Kier molecular flexibility index (Phi) is 4.60. The first-order valence-corrected chi connectivity index (χ1v) is 7.21. The van der Waals surface area contributed by atoms with Crippen molar-refractivity contribution in [2.24, 2.45) is 5.73 Å². The van der Waals surface area contributed by atoms with E-state index in [0.29, 0.717) is 18.1 Å². The summed E-state index contributed by atoms with van der Waals surface area (Å²) in [6.45, 7) is 2.23. The van der Waals surface area contributed by atoms with E-state index in [2.05, 4.69) is 52.4 Å². The van der Waals surface area contributed by atoms with Gasteiger partial charge in [0.1, 0.15) is 0 Å². The smallest absolute Gasteiger partial charge is 0.0294 e. The molecular weight excluding hydrogens is 276 g/mol. The van der Waals surface area contributed by atoms with Crippen LogP contribution in [0.5, 0.6) is 0 Å². The van der Waals surface area contributed by atoms with Crippen LogP contribution >= 0.6 is 15.9 Å². The fourth-order valence-electron chi connectivity index (χ4n) is 2.49. The molecule has 0 saturated heterocycles. The fraction of sp³-hybridized carbons (Fsp3) is 0.571. The first-order chi connectivity index (χ1) is 8.15. The topological polar surface area (TPSA) is 38.0 Å². The highest BCUT2D eigenvalue weighted by molar-refractivity contribution is 9.10. The largest absolute Gasteiger partial charge is 0.328 e. The predicted molar refractivity (Wildman–Crippen MR) is 75.9 cm³/mol. The lowest BCUT2D eigenvalue weighted by molar-refractivity contribution is 0.322. The van der Waals surface area contributed by atoms with E-state index >= 15 is 0 Å². The van der Waals surface area contributed by atoms with Crippen molar-refractivity contribution in [3.8, 4) is 0 Å². The summed E-state index contributed by atoms with van der Waals surface area (Å²) in [5.74, 6) is 0. The van der Waals surface area contributed by atoms with E-state index in [1.807, 2.05) is 0 Å². The lowest BCUT2D eigenvalue weighted by Gasteiger charge is -2.29. The standard InChI is InChI=1S/C14H21BrN2/c1-10(11-2-4-12(15)5-3-11)17-14-8-6-13(16)7-9-14/h2-5,10,13-14,17H,6-9,16H2,1H3/t10-,13?,14?/m0/s1. The van der Waals surface area contributed by atoms with Crippen molar-refractivity contribution in [2.45, 2.75) is 50.7 Å². The summed E-state index contributed by atoms with van der Waals surface area (Å²) in [5, 5.41) is 3.70. The first kappa shape index (κ1) is 13.1. The van der Waals surface area contributed by atoms with Crippen molar-refractivity contribution in [3.63, 3.8) is 0 Å². The van der Waals surface area contributed by atoms with Crippen molar-refractivity contribution >= 4 is 15.9 Å². The highest BCUT2D eigenvalue weighted by atomic mass is 79.9. The second-order valence-electron chi connectivity index (χ2n) is 5.05. The molecule has 0 unspecified atom stereocenters. The van der Waals surface area contributed by atoms with Crippen LogP contribution in [0.1, 0.15) is 44.2 Å². The van der Waals surface area contributed by atoms with Crippen LogP contribution in [0.3, 0.4) is 0 Å². The summed E-state index contributed by atoms with van der Waals surface area (Å²) < 4.78 is 1.14. The highest BCUT2D eigenvalue weighted by Gasteiger charge is 2.19. The predicted octanol–water partition coefficient (Wildman–Crippen LogP) is 3.37. The van der Waals surface area contributed by atoms with Crippen LogP contribution in [0.2, 0.25) is 0 Å². The van der Waals surface area contributed by atoms with Crippen LogP contribution in [-0.2, 0) is 0 Å². The van der Waals surface area contributed by atoms with Crippen molar-refractivity contribution < 1.29 is 0 Å². The van der Waals surface area contributed by atoms with Gasteiger partial charge in [-0.3, -0.25) is 0 Å². The van der Waals surface area contributed by atoms with Gasteiger partial charge in [0.2, 0.25) is 0 Å². The Labute approximate surface area is 112 Å². The maximum absolute atomic E-state index is 5.92. The van der Waals surface area contributed by atoms with Crippen molar-refractivity contribution in [1.82, 2.24) is 5.32 Å². The number of hydrogen-bond acceptors (Lipinski definition) is 2. The molecule has 94 valence electrons. The maximum Gasteiger partial charge on any atom is 0.0294 e. The van der Waals surface area contributed by atoms with Gasteiger partial charge in [-0.2, -0.15) is 0 Å². The van der Waals surface area contributed by atoms with Crippen molar-refractivity contribution in [2.75, 3.05) is 0 Å². The molecule has 1 aliphatic rings. The summed E-state index contributed by atoms with van der Waals surface area (Å²) in [6.07, 6.45) is 4.74. The molecule has 0 aliphatic heterocycles. The van der Waals surface area contributed by atoms with E-state index in [-0.39, 0.29) is 0 Å². The number of nitrogens with two attached hydrogens (primary N) is 1. The first-order valence-electron chi connectivity index (χ1n) is 6.42. The lowest BCUT2D eigenvalue weighted by atomic mass is 9.91. The Bertz CT molecular complexity index is 342. The molecule has 0 spiro atoms. The van der Waals surface area contributed by atoms with Gasteiger partial charge in [0, 0.05) is 22.6 Å². The minimum Gasteiger partial charge on any atom is -0.328 e. The van der Waals surface area contributed by atoms with Crippen LogP contribution in [0.4, 0.5) is 0 Å². The molecule has 1 aliphatic carbocycles. The second kappa shape index (κ2) is 5.98. The summed E-state index contributed by atoms with van der Waals surface area (Å²) in [5.41, 5.74) is 7.27. The van der Waals surface area contributed by atoms with E-state index in [9.17, 15) is 0 Å². The van der Waals surface area contributed by atoms with Gasteiger partial charge in [-0.25, -0.2) is 0 Å². The zero-order valence-corrected chi connectivity index (χ0v) is 11.9. The summed E-state index contributed by atoms with van der Waals surface area (Å²) in [6, 6.07) is 10.0. The molecule has 0 bridgehead atoms. The van der Waals surface area contributed by atoms with Crippen molar-refractivity contribution in [3.05, 3.63) is 34.3 Å². The molecule has 0 radical (unpaired) electrons. The number of nitrogens with one attached hydrogen (secondary N) is 1. The third-order valence-electron chi connectivity index (χ3n) is 3.63. The van der Waals surface area contributed by atoms with Crippen LogP contribution in [0.25, 0.3) is 0 Å². The summed E-state index contributed by atoms with van der Waals surface area (Å²) in [4.78, 5) is 0. The molecule has 2 nitrogen and oxygen atoms in total. The molecule has 0 heterocycles. The van der Waals surface area contributed by atoms with E-state index in [1.165, 1.54) is 18.4 Å². The third-order valence-corrected chi connectivity index (χ3v) is 4.16. The fourth-order valence-corrected chi connectivity index (χ4v) is 2.75. The second-order valence-corrected chi connectivity index (χ2v) is 5.97. The molecule has 3 heteroatoms. The SMILES string of the molecule is C[C@H](NC1CCC(N)CC1)c1ccc(Br)cc1. The molecule has 1 atom stereocenters. The average Bonchev–Trinajstić information content (AvgIpc) is 2.33. The molecule has 0 amide bonds. The van der Waals surface area contributed by atoms with Gasteiger partial charge in [0.05, 0.1) is 0 Å². The number of hydrogen-bond donors (Lipinski definition) is 2. The molecule has 17 heavy (non-hydrogen) atoms. The Balaban J connectivity index is 1.88. The van der Waals surface area contributed by atoms with Crippen LogP contribution < -0.4 is 11.1 Å². The van der Waals surface area contributed by atoms with Gasteiger partial charge in [-0.1, -0.05) is 28.1 Å². The molecule has 0 aromatic heterocycles. The van der Waals surface area contributed by atoms with Gasteiger partial charge in [-0.15, -0.1) is 0 Å². The average molecular weight is 297 g/mol. The van der Waals surface area contributed by atoms with E-state index in [1.54, 1.807) is 0 Å². The molecular formula is C14H21BrN2. The lowest BCUT2D eigenvalue weighted by Crippen LogP contribution is -2.38. The molecule has 1 saturated carbocycles. The number of benzene rings is 1. The number of halogens is 1. The summed E-state index contributed by atoms with van der Waals surface area (Å²) >= 11 is 3.47. The maximum atomic E-state index is 5.92. The zero-order valence-electron chi connectivity index (χ0n) is 10.3. The van der Waals surface area contributed by atoms with E-state index in [0.717, 1.165) is 17.3 Å². The summed E-state index contributed by atoms with van der Waals surface area (Å²) in [7, 11) is 0. The van der Waals surface area contributed by atoms with Gasteiger partial charge in [-0.05, 0) is 50.3 Å². The third kappa shape index (κ3) is 3.80. The molecule has 1 aromatic carbocycles. The van der Waals surface area contributed by atoms with Crippen LogP contribution in [0.15, 0.2) is 28.7 Å². The Morgan fingerprint density at radius 1 is 1.18 bits per heavy atom. The van der Waals surface area contributed by atoms with Gasteiger partial charge in [0.25, 0.3) is 0 Å². The quantitative estimate of drug-likeness (QED) is 0.897. The van der Waals surface area contributed by atoms with E-state index in [4.69, 9.17) is 5.73 Å². The van der Waals surface area contributed by atoms with Crippen LogP contribution in [-0.4, -0.2) is 12.1 Å². The molecule has 2 rings (SSSR count). The minimum absolute atomic E-state index is 0.419. The van der Waals surface area contributed by atoms with Gasteiger partial charge in [0.15, 0.2) is 0 Å². The van der Waals surface area contributed by atoms with Gasteiger partial charge < -0.3 is 11.1 Å². The van der Waals surface area contributed by atoms with Gasteiger partial charge >= 0.3 is 0 Å². The Morgan fingerprint density at radius 3 is 2.35 bits per heavy atom. The van der Waals surface area contributed by atoms with Crippen LogP contribution in [0, 0.1) is 0 Å².